The number of rotatable bonds is 4. The van der Waals surface area contributed by atoms with Gasteiger partial charge in [-0.25, -0.2) is 0 Å². The molecule has 0 saturated heterocycles. The van der Waals surface area contributed by atoms with Gasteiger partial charge in [-0.1, -0.05) is 39.0 Å². The molecule has 1 aromatic carbocycles. The summed E-state index contributed by atoms with van der Waals surface area (Å²) < 4.78 is 40.7. The third-order valence-corrected chi connectivity index (χ3v) is 2.67. The Morgan fingerprint density at radius 3 is 2.26 bits per heavy atom. The van der Waals surface area contributed by atoms with Crippen molar-refractivity contribution in [2.24, 2.45) is 5.41 Å². The highest BCUT2D eigenvalue weighted by Crippen LogP contribution is 2.34. The number of aliphatic hydroxyl groups is 1. The van der Waals surface area contributed by atoms with Crippen LogP contribution in [0.4, 0.5) is 13.2 Å². The molecule has 0 bridgehead atoms. The first-order valence-corrected chi connectivity index (χ1v) is 6.11. The zero-order valence-corrected chi connectivity index (χ0v) is 11.3. The Balaban J connectivity index is 2.82. The van der Waals surface area contributed by atoms with Crippen LogP contribution >= 0.6 is 0 Å². The fraction of sp³-hybridized carbons (Fsp3) is 0.571. The molecule has 0 heterocycles. The number of aliphatic hydroxyl groups excluding tert-OH is 1. The van der Waals surface area contributed by atoms with Gasteiger partial charge >= 0.3 is 6.36 Å². The first kappa shape index (κ1) is 15.8. The van der Waals surface area contributed by atoms with Crippen LogP contribution in [-0.2, 0) is 0 Å². The maximum absolute atomic E-state index is 12.3. The van der Waals surface area contributed by atoms with Gasteiger partial charge in [0.2, 0.25) is 0 Å². The molecule has 0 radical (unpaired) electrons. The highest BCUT2D eigenvalue weighted by Gasteiger charge is 2.32. The quantitative estimate of drug-likeness (QED) is 0.880. The summed E-state index contributed by atoms with van der Waals surface area (Å²) in [4.78, 5) is 0. The van der Waals surface area contributed by atoms with Gasteiger partial charge in [-0.15, -0.1) is 13.2 Å². The van der Waals surface area contributed by atoms with Gasteiger partial charge in [-0.05, 0) is 24.3 Å². The van der Waals surface area contributed by atoms with Gasteiger partial charge in [0.15, 0.2) is 0 Å². The second kappa shape index (κ2) is 5.82. The molecule has 0 aliphatic carbocycles. The number of hydrogen-bond donors (Lipinski definition) is 1. The molecule has 19 heavy (non-hydrogen) atoms. The first-order chi connectivity index (χ1) is 8.58. The highest BCUT2D eigenvalue weighted by molar-refractivity contribution is 5.35. The van der Waals surface area contributed by atoms with E-state index >= 15 is 0 Å². The molecule has 0 spiro atoms. The van der Waals surface area contributed by atoms with Crippen molar-refractivity contribution in [3.63, 3.8) is 0 Å². The standard InChI is InChI=1S/C14H19F3O2/c1-13(2,3)9-8-11(18)10-6-4-5-7-12(10)19-14(15,16)17/h4-7,11,18H,8-9H2,1-3H3. The lowest BCUT2D eigenvalue weighted by Crippen LogP contribution is -2.19. The van der Waals surface area contributed by atoms with Crippen LogP contribution in [-0.4, -0.2) is 11.5 Å². The minimum absolute atomic E-state index is 0.0147. The molecular weight excluding hydrogens is 257 g/mol. The average Bonchev–Trinajstić information content (AvgIpc) is 2.23. The van der Waals surface area contributed by atoms with E-state index < -0.39 is 12.5 Å². The van der Waals surface area contributed by atoms with E-state index in [0.717, 1.165) is 0 Å². The fourth-order valence-corrected chi connectivity index (χ4v) is 1.70. The zero-order valence-electron chi connectivity index (χ0n) is 11.3. The predicted octanol–water partition coefficient (Wildman–Crippen LogP) is 4.44. The second-order valence-electron chi connectivity index (χ2n) is 5.70. The van der Waals surface area contributed by atoms with E-state index in [9.17, 15) is 18.3 Å². The number of halogens is 3. The van der Waals surface area contributed by atoms with Crippen molar-refractivity contribution >= 4 is 0 Å². The Hall–Kier alpha value is -1.23. The molecule has 0 aromatic heterocycles. The number of ether oxygens (including phenoxy) is 1. The van der Waals surface area contributed by atoms with E-state index in [-0.39, 0.29) is 16.7 Å². The van der Waals surface area contributed by atoms with Crippen LogP contribution in [0.25, 0.3) is 0 Å². The van der Waals surface area contributed by atoms with Gasteiger partial charge in [-0.3, -0.25) is 0 Å². The maximum Gasteiger partial charge on any atom is 0.573 e. The SMILES string of the molecule is CC(C)(C)CCC(O)c1ccccc1OC(F)(F)F. The maximum atomic E-state index is 12.3. The number of hydrogen-bond acceptors (Lipinski definition) is 2. The lowest BCUT2D eigenvalue weighted by atomic mass is 9.88. The largest absolute Gasteiger partial charge is 0.573 e. The topological polar surface area (TPSA) is 29.5 Å². The molecule has 108 valence electrons. The molecule has 1 atom stereocenters. The van der Waals surface area contributed by atoms with E-state index in [4.69, 9.17) is 0 Å². The van der Waals surface area contributed by atoms with E-state index in [0.29, 0.717) is 12.8 Å². The lowest BCUT2D eigenvalue weighted by molar-refractivity contribution is -0.275. The summed E-state index contributed by atoms with van der Waals surface area (Å²) in [7, 11) is 0. The molecule has 0 aliphatic rings. The highest BCUT2D eigenvalue weighted by atomic mass is 19.4. The smallest absolute Gasteiger partial charge is 0.405 e. The van der Waals surface area contributed by atoms with Gasteiger partial charge in [0.25, 0.3) is 0 Å². The average molecular weight is 276 g/mol. The van der Waals surface area contributed by atoms with E-state index in [1.54, 1.807) is 6.07 Å². The molecule has 0 saturated carbocycles. The molecule has 0 fully saturated rings. The summed E-state index contributed by atoms with van der Waals surface area (Å²) in [6.45, 7) is 6.04. The van der Waals surface area contributed by atoms with Gasteiger partial charge in [0.05, 0.1) is 6.10 Å². The molecule has 0 amide bonds. The predicted molar refractivity (Wildman–Crippen MR) is 66.8 cm³/mol. The Morgan fingerprint density at radius 1 is 1.16 bits per heavy atom. The zero-order chi connectivity index (χ0) is 14.7. The number of para-hydroxylation sites is 1. The molecule has 1 aromatic rings. The van der Waals surface area contributed by atoms with Crippen molar-refractivity contribution in [1.82, 2.24) is 0 Å². The summed E-state index contributed by atoms with van der Waals surface area (Å²) in [5.74, 6) is -0.337. The van der Waals surface area contributed by atoms with Crippen LogP contribution < -0.4 is 4.74 Å². The minimum atomic E-state index is -4.75. The van der Waals surface area contributed by atoms with Gasteiger partial charge < -0.3 is 9.84 Å². The van der Waals surface area contributed by atoms with Crippen LogP contribution in [0.1, 0.15) is 45.3 Å². The van der Waals surface area contributed by atoms with Crippen LogP contribution in [0.2, 0.25) is 0 Å². The van der Waals surface area contributed by atoms with Gasteiger partial charge in [0.1, 0.15) is 5.75 Å². The van der Waals surface area contributed by atoms with Crippen molar-refractivity contribution in [2.45, 2.75) is 46.1 Å². The monoisotopic (exact) mass is 276 g/mol. The van der Waals surface area contributed by atoms with Crippen molar-refractivity contribution in [3.05, 3.63) is 29.8 Å². The number of benzene rings is 1. The molecule has 1 unspecified atom stereocenters. The molecule has 0 aliphatic heterocycles. The minimum Gasteiger partial charge on any atom is -0.405 e. The van der Waals surface area contributed by atoms with Crippen LogP contribution in [0.5, 0.6) is 5.75 Å². The van der Waals surface area contributed by atoms with E-state index in [1.807, 2.05) is 20.8 Å². The molecule has 5 heteroatoms. The molecule has 2 nitrogen and oxygen atoms in total. The third-order valence-electron chi connectivity index (χ3n) is 2.67. The summed E-state index contributed by atoms with van der Waals surface area (Å²) in [6.07, 6.45) is -4.62. The summed E-state index contributed by atoms with van der Waals surface area (Å²) in [5.41, 5.74) is 0.185. The van der Waals surface area contributed by atoms with Crippen LogP contribution in [0, 0.1) is 5.41 Å². The van der Waals surface area contributed by atoms with Gasteiger partial charge in [0, 0.05) is 5.56 Å². The van der Waals surface area contributed by atoms with Gasteiger partial charge in [-0.2, -0.15) is 0 Å². The van der Waals surface area contributed by atoms with Crippen LogP contribution in [0.15, 0.2) is 24.3 Å². The molecule has 1 N–H and O–H groups in total. The van der Waals surface area contributed by atoms with Crippen molar-refractivity contribution in [2.75, 3.05) is 0 Å². The lowest BCUT2D eigenvalue weighted by Gasteiger charge is -2.22. The Bertz CT molecular complexity index is 408. The molecule has 1 rings (SSSR count). The first-order valence-electron chi connectivity index (χ1n) is 6.11. The van der Waals surface area contributed by atoms with Crippen molar-refractivity contribution < 1.29 is 23.0 Å². The van der Waals surface area contributed by atoms with Crippen LogP contribution in [0.3, 0.4) is 0 Å². The van der Waals surface area contributed by atoms with Crippen molar-refractivity contribution in [3.8, 4) is 5.75 Å². The van der Waals surface area contributed by atoms with E-state index in [1.165, 1.54) is 18.2 Å². The Labute approximate surface area is 111 Å². The van der Waals surface area contributed by atoms with Crippen molar-refractivity contribution in [1.29, 1.82) is 0 Å². The normalized spacial score (nSPS) is 14.3. The summed E-state index contributed by atoms with van der Waals surface area (Å²) in [6, 6.07) is 5.69. The third kappa shape index (κ3) is 5.96. The number of alkyl halides is 3. The van der Waals surface area contributed by atoms with E-state index in [2.05, 4.69) is 4.74 Å². The summed E-state index contributed by atoms with van der Waals surface area (Å²) >= 11 is 0. The Morgan fingerprint density at radius 2 is 1.74 bits per heavy atom. The fourth-order valence-electron chi connectivity index (χ4n) is 1.70. The second-order valence-corrected chi connectivity index (χ2v) is 5.70. The summed E-state index contributed by atoms with van der Waals surface area (Å²) in [5, 5.41) is 10.0. The Kier molecular flexibility index (Phi) is 4.85. The molecular formula is C14H19F3O2.